The Bertz CT molecular complexity index is 1040. The number of rotatable bonds is 4. The lowest BCUT2D eigenvalue weighted by Crippen LogP contribution is -2.52. The van der Waals surface area contributed by atoms with E-state index in [1.807, 2.05) is 11.9 Å². The molecule has 8 heteroatoms. The van der Waals surface area contributed by atoms with Crippen LogP contribution < -0.4 is 9.47 Å². The second-order valence-corrected chi connectivity index (χ2v) is 8.28. The van der Waals surface area contributed by atoms with Crippen LogP contribution in [0.15, 0.2) is 36.4 Å². The number of nitrogens with zero attached hydrogens (tertiary/aromatic N) is 3. The summed E-state index contributed by atoms with van der Waals surface area (Å²) < 4.78 is 25.8. The maximum Gasteiger partial charge on any atom is 0.254 e. The number of hydrogen-bond donors (Lipinski definition) is 0. The predicted molar refractivity (Wildman–Crippen MR) is 118 cm³/mol. The molecule has 0 aliphatic carbocycles. The average Bonchev–Trinajstić information content (AvgIpc) is 2.81. The molecule has 2 amide bonds. The van der Waals surface area contributed by atoms with E-state index in [2.05, 4.69) is 4.90 Å². The van der Waals surface area contributed by atoms with Crippen molar-refractivity contribution in [2.45, 2.75) is 12.0 Å². The van der Waals surface area contributed by atoms with Gasteiger partial charge in [0.15, 0.2) is 11.5 Å². The van der Waals surface area contributed by atoms with Gasteiger partial charge in [0.05, 0.1) is 26.2 Å². The number of hydrogen-bond acceptors (Lipinski definition) is 5. The van der Waals surface area contributed by atoms with Gasteiger partial charge in [0.25, 0.3) is 5.91 Å². The van der Waals surface area contributed by atoms with E-state index in [-0.39, 0.29) is 11.8 Å². The highest BCUT2D eigenvalue weighted by atomic mass is 19.1. The van der Waals surface area contributed by atoms with Crippen molar-refractivity contribution in [3.8, 4) is 11.5 Å². The minimum absolute atomic E-state index is 0.126. The Kier molecular flexibility index (Phi) is 6.06. The van der Waals surface area contributed by atoms with Gasteiger partial charge in [-0.2, -0.15) is 0 Å². The first kappa shape index (κ1) is 22.1. The summed E-state index contributed by atoms with van der Waals surface area (Å²) >= 11 is 0. The maximum absolute atomic E-state index is 14.9. The molecule has 2 aliphatic rings. The molecule has 32 heavy (non-hydrogen) atoms. The van der Waals surface area contributed by atoms with Crippen LogP contribution in [0.25, 0.3) is 0 Å². The van der Waals surface area contributed by atoms with Gasteiger partial charge in [0.1, 0.15) is 5.82 Å². The van der Waals surface area contributed by atoms with Gasteiger partial charge < -0.3 is 24.2 Å². The molecule has 7 nitrogen and oxygen atoms in total. The van der Waals surface area contributed by atoms with Crippen molar-refractivity contribution < 1.29 is 23.5 Å². The lowest BCUT2D eigenvalue weighted by atomic mass is 9.78. The molecule has 0 spiro atoms. The average molecular weight is 442 g/mol. The van der Waals surface area contributed by atoms with Crippen molar-refractivity contribution in [3.05, 3.63) is 58.9 Å². The largest absolute Gasteiger partial charge is 0.493 e. The number of ether oxygens (including phenoxy) is 2. The van der Waals surface area contributed by atoms with Crippen molar-refractivity contribution in [2.75, 3.05) is 54.5 Å². The summed E-state index contributed by atoms with van der Waals surface area (Å²) in [6.45, 7) is 2.68. The molecule has 0 bridgehead atoms. The fraction of sp³-hybridized carbons (Fsp3) is 0.417. The standard InChI is InChI=1S/C24H28FN3O4/c1-26-9-11-28(12-10-26)24(30)21-16-13-19(31-3)20(32-4)14-17(16)23(29)27(2)22(21)15-7-5-6-8-18(15)25/h5-8,13-14,21-22H,9-12H2,1-4H3/t21-,22-/m1/s1. The first-order valence-electron chi connectivity index (χ1n) is 10.6. The third-order valence-corrected chi connectivity index (χ3v) is 6.48. The monoisotopic (exact) mass is 441 g/mol. The Hall–Kier alpha value is -3.13. The van der Waals surface area contributed by atoms with Crippen LogP contribution in [0.5, 0.6) is 11.5 Å². The lowest BCUT2D eigenvalue weighted by molar-refractivity contribution is -0.136. The normalized spacial score (nSPS) is 21.3. The predicted octanol–water partition coefficient (Wildman–Crippen LogP) is 2.53. The molecule has 2 aromatic rings. The van der Waals surface area contributed by atoms with Crippen molar-refractivity contribution in [1.82, 2.24) is 14.7 Å². The number of methoxy groups -OCH3 is 2. The van der Waals surface area contributed by atoms with Crippen LogP contribution in [0, 0.1) is 5.82 Å². The first-order valence-corrected chi connectivity index (χ1v) is 10.6. The fourth-order valence-corrected chi connectivity index (χ4v) is 4.64. The molecule has 0 aromatic heterocycles. The van der Waals surface area contributed by atoms with Crippen LogP contribution in [0.2, 0.25) is 0 Å². The minimum atomic E-state index is -0.776. The van der Waals surface area contributed by atoms with E-state index in [0.29, 0.717) is 41.3 Å². The number of likely N-dealkylation sites (N-methyl/N-ethyl adjacent to an activating group) is 2. The number of fused-ring (bicyclic) bond motifs is 1. The molecule has 1 saturated heterocycles. The van der Waals surface area contributed by atoms with Gasteiger partial charge in [-0.3, -0.25) is 9.59 Å². The van der Waals surface area contributed by atoms with Gasteiger partial charge in [-0.05, 0) is 30.8 Å². The Balaban J connectivity index is 1.89. The SMILES string of the molecule is COc1cc2c(cc1OC)[C@@H](C(=O)N1CCN(C)CC1)[C@@H](c1ccccc1F)N(C)C2=O. The molecule has 0 N–H and O–H groups in total. The van der Waals surface area contributed by atoms with E-state index < -0.39 is 17.8 Å². The molecule has 2 aromatic carbocycles. The molecule has 2 heterocycles. The van der Waals surface area contributed by atoms with Gasteiger partial charge in [-0.15, -0.1) is 0 Å². The van der Waals surface area contributed by atoms with Crippen LogP contribution in [-0.2, 0) is 4.79 Å². The third kappa shape index (κ3) is 3.68. The highest BCUT2D eigenvalue weighted by molar-refractivity contribution is 6.02. The van der Waals surface area contributed by atoms with Crippen molar-refractivity contribution in [2.24, 2.45) is 0 Å². The number of piperazine rings is 1. The molecule has 1 fully saturated rings. The summed E-state index contributed by atoms with van der Waals surface area (Å²) in [5.41, 5.74) is 1.21. The second kappa shape index (κ2) is 8.78. The van der Waals surface area contributed by atoms with E-state index in [1.54, 1.807) is 37.4 Å². The van der Waals surface area contributed by atoms with Gasteiger partial charge in [0, 0.05) is 44.4 Å². The minimum Gasteiger partial charge on any atom is -0.493 e. The van der Waals surface area contributed by atoms with E-state index in [0.717, 1.165) is 13.1 Å². The van der Waals surface area contributed by atoms with Crippen LogP contribution in [0.1, 0.15) is 33.4 Å². The molecule has 170 valence electrons. The molecule has 0 radical (unpaired) electrons. The Morgan fingerprint density at radius 2 is 1.59 bits per heavy atom. The molecule has 4 rings (SSSR count). The molecular formula is C24H28FN3O4. The lowest BCUT2D eigenvalue weighted by Gasteiger charge is -2.43. The Morgan fingerprint density at radius 3 is 2.22 bits per heavy atom. The number of halogens is 1. The van der Waals surface area contributed by atoms with Gasteiger partial charge in [-0.1, -0.05) is 18.2 Å². The number of carbonyl (C=O) groups excluding carboxylic acids is 2. The molecule has 0 saturated carbocycles. The van der Waals surface area contributed by atoms with Gasteiger partial charge >= 0.3 is 0 Å². The summed E-state index contributed by atoms with van der Waals surface area (Å²) in [5, 5.41) is 0. The molecule has 2 aliphatic heterocycles. The quantitative estimate of drug-likeness (QED) is 0.730. The highest BCUT2D eigenvalue weighted by Crippen LogP contribution is 2.46. The number of carbonyl (C=O) groups is 2. The van der Waals surface area contributed by atoms with E-state index in [1.165, 1.54) is 25.2 Å². The molecule has 0 unspecified atom stereocenters. The van der Waals surface area contributed by atoms with Crippen molar-refractivity contribution >= 4 is 11.8 Å². The summed E-state index contributed by atoms with van der Waals surface area (Å²) in [5.74, 6) is -0.809. The summed E-state index contributed by atoms with van der Waals surface area (Å²) in [4.78, 5) is 32.7. The second-order valence-electron chi connectivity index (χ2n) is 8.28. The van der Waals surface area contributed by atoms with Gasteiger partial charge in [0.2, 0.25) is 5.91 Å². The number of benzene rings is 2. The zero-order valence-corrected chi connectivity index (χ0v) is 18.8. The maximum atomic E-state index is 14.9. The van der Waals surface area contributed by atoms with Crippen molar-refractivity contribution in [1.29, 1.82) is 0 Å². The molecule has 2 atom stereocenters. The van der Waals surface area contributed by atoms with E-state index in [9.17, 15) is 14.0 Å². The summed E-state index contributed by atoms with van der Waals surface area (Å²) in [6.07, 6.45) is 0. The van der Waals surface area contributed by atoms with Crippen molar-refractivity contribution in [3.63, 3.8) is 0 Å². The zero-order valence-electron chi connectivity index (χ0n) is 18.8. The molecular weight excluding hydrogens is 413 g/mol. The summed E-state index contributed by atoms with van der Waals surface area (Å²) in [7, 11) is 6.63. The van der Waals surface area contributed by atoms with E-state index >= 15 is 0 Å². The Labute approximate surface area is 187 Å². The van der Waals surface area contributed by atoms with Crippen LogP contribution in [-0.4, -0.2) is 81.0 Å². The van der Waals surface area contributed by atoms with Crippen LogP contribution in [0.3, 0.4) is 0 Å². The first-order chi connectivity index (χ1) is 15.4. The summed E-state index contributed by atoms with van der Waals surface area (Å²) in [6, 6.07) is 8.83. The highest BCUT2D eigenvalue weighted by Gasteiger charge is 2.46. The zero-order chi connectivity index (χ0) is 23.0. The van der Waals surface area contributed by atoms with Crippen LogP contribution in [0.4, 0.5) is 4.39 Å². The Morgan fingerprint density at radius 1 is 0.969 bits per heavy atom. The number of amides is 2. The third-order valence-electron chi connectivity index (χ3n) is 6.48. The van der Waals surface area contributed by atoms with Crippen LogP contribution >= 0.6 is 0 Å². The van der Waals surface area contributed by atoms with Gasteiger partial charge in [-0.25, -0.2) is 4.39 Å². The topological polar surface area (TPSA) is 62.3 Å². The smallest absolute Gasteiger partial charge is 0.254 e. The fourth-order valence-electron chi connectivity index (χ4n) is 4.64. The van der Waals surface area contributed by atoms with E-state index in [4.69, 9.17) is 9.47 Å².